The maximum Gasteiger partial charge on any atom is 0.244 e. The smallest absolute Gasteiger partial charge is 0.244 e. The van der Waals surface area contributed by atoms with Gasteiger partial charge in [-0.05, 0) is 30.7 Å². The molecule has 23 heavy (non-hydrogen) atoms. The third-order valence-corrected chi connectivity index (χ3v) is 3.31. The number of hydrogen-bond donors (Lipinski definition) is 2. The first-order valence-electron chi connectivity index (χ1n) is 7.67. The van der Waals surface area contributed by atoms with Crippen molar-refractivity contribution < 1.29 is 9.53 Å². The minimum absolute atomic E-state index is 0.101. The van der Waals surface area contributed by atoms with Gasteiger partial charge in [0.1, 0.15) is 5.75 Å². The van der Waals surface area contributed by atoms with Crippen molar-refractivity contribution in [1.82, 2.24) is 5.32 Å². The van der Waals surface area contributed by atoms with Crippen LogP contribution in [0.3, 0.4) is 0 Å². The van der Waals surface area contributed by atoms with E-state index in [0.717, 1.165) is 30.0 Å². The first-order chi connectivity index (χ1) is 11.3. The molecule has 2 aromatic carbocycles. The molecule has 0 aromatic heterocycles. The number of methoxy groups -OCH3 is 1. The summed E-state index contributed by atoms with van der Waals surface area (Å²) in [5, 5.41) is 6.18. The lowest BCUT2D eigenvalue weighted by Gasteiger charge is -2.06. The van der Waals surface area contributed by atoms with Crippen molar-refractivity contribution in [1.29, 1.82) is 0 Å². The second-order valence-corrected chi connectivity index (χ2v) is 5.01. The molecule has 0 radical (unpaired) electrons. The summed E-state index contributed by atoms with van der Waals surface area (Å²) < 4.78 is 5.24. The van der Waals surface area contributed by atoms with E-state index in [0.29, 0.717) is 6.54 Å². The third kappa shape index (κ3) is 5.87. The number of nitrogens with one attached hydrogen (secondary N) is 2. The molecule has 0 saturated heterocycles. The van der Waals surface area contributed by atoms with Gasteiger partial charge in [0.2, 0.25) is 5.91 Å². The molecule has 2 aromatic rings. The molecule has 0 aliphatic carbocycles. The maximum absolute atomic E-state index is 11.8. The summed E-state index contributed by atoms with van der Waals surface area (Å²) in [5.41, 5.74) is 1.98. The fraction of sp³-hybridized carbons (Fsp3) is 0.211. The SMILES string of the molecule is COc1ccccc1/C=C/C(=O)NCCCNc1ccccc1. The number of ether oxygens (including phenoxy) is 1. The van der Waals surface area contributed by atoms with E-state index in [9.17, 15) is 4.79 Å². The normalized spacial score (nSPS) is 10.5. The van der Waals surface area contributed by atoms with Crippen LogP contribution in [-0.2, 0) is 4.79 Å². The minimum Gasteiger partial charge on any atom is -0.496 e. The van der Waals surface area contributed by atoms with E-state index in [2.05, 4.69) is 10.6 Å². The molecule has 0 saturated carbocycles. The summed E-state index contributed by atoms with van der Waals surface area (Å²) in [6.45, 7) is 1.45. The second-order valence-electron chi connectivity index (χ2n) is 5.01. The molecule has 0 heterocycles. The summed E-state index contributed by atoms with van der Waals surface area (Å²) in [4.78, 5) is 11.8. The number of amides is 1. The van der Waals surface area contributed by atoms with Crippen molar-refractivity contribution in [2.24, 2.45) is 0 Å². The lowest BCUT2D eigenvalue weighted by atomic mass is 10.2. The van der Waals surface area contributed by atoms with Crippen LogP contribution in [0.2, 0.25) is 0 Å². The van der Waals surface area contributed by atoms with Gasteiger partial charge in [0.15, 0.2) is 0 Å². The molecule has 0 aliphatic rings. The zero-order valence-corrected chi connectivity index (χ0v) is 13.3. The Hall–Kier alpha value is -2.75. The zero-order valence-electron chi connectivity index (χ0n) is 13.3. The van der Waals surface area contributed by atoms with Gasteiger partial charge in [-0.3, -0.25) is 4.79 Å². The molecule has 120 valence electrons. The first-order valence-corrected chi connectivity index (χ1v) is 7.67. The van der Waals surface area contributed by atoms with Crippen LogP contribution in [0.1, 0.15) is 12.0 Å². The minimum atomic E-state index is -0.101. The molecular formula is C19H22N2O2. The summed E-state index contributed by atoms with van der Waals surface area (Å²) >= 11 is 0. The molecule has 0 fully saturated rings. The Morgan fingerprint density at radius 3 is 2.57 bits per heavy atom. The Kier molecular flexibility index (Phi) is 6.72. The van der Waals surface area contributed by atoms with Crippen LogP contribution in [-0.4, -0.2) is 26.1 Å². The lowest BCUT2D eigenvalue weighted by molar-refractivity contribution is -0.116. The van der Waals surface area contributed by atoms with Crippen LogP contribution >= 0.6 is 0 Å². The lowest BCUT2D eigenvalue weighted by Crippen LogP contribution is -2.23. The van der Waals surface area contributed by atoms with Crippen LogP contribution in [0.4, 0.5) is 5.69 Å². The molecule has 4 nitrogen and oxygen atoms in total. The fourth-order valence-electron chi connectivity index (χ4n) is 2.12. The van der Waals surface area contributed by atoms with Gasteiger partial charge < -0.3 is 15.4 Å². The van der Waals surface area contributed by atoms with Crippen molar-refractivity contribution in [3.05, 3.63) is 66.2 Å². The van der Waals surface area contributed by atoms with Gasteiger partial charge in [0.25, 0.3) is 0 Å². The Morgan fingerprint density at radius 2 is 1.78 bits per heavy atom. The monoisotopic (exact) mass is 310 g/mol. The number of benzene rings is 2. The summed E-state index contributed by atoms with van der Waals surface area (Å²) in [6.07, 6.45) is 4.15. The van der Waals surface area contributed by atoms with Crippen LogP contribution in [0.25, 0.3) is 6.08 Å². The zero-order chi connectivity index (χ0) is 16.3. The predicted molar refractivity (Wildman–Crippen MR) is 94.6 cm³/mol. The number of rotatable bonds is 8. The quantitative estimate of drug-likeness (QED) is 0.581. The van der Waals surface area contributed by atoms with Gasteiger partial charge in [-0.2, -0.15) is 0 Å². The van der Waals surface area contributed by atoms with Crippen molar-refractivity contribution in [3.8, 4) is 5.75 Å². The predicted octanol–water partition coefficient (Wildman–Crippen LogP) is 3.33. The van der Waals surface area contributed by atoms with E-state index < -0.39 is 0 Å². The van der Waals surface area contributed by atoms with Gasteiger partial charge in [0.05, 0.1) is 7.11 Å². The molecule has 0 aliphatic heterocycles. The highest BCUT2D eigenvalue weighted by Crippen LogP contribution is 2.18. The molecule has 2 N–H and O–H groups in total. The molecule has 2 rings (SSSR count). The number of anilines is 1. The number of carbonyl (C=O) groups excluding carboxylic acids is 1. The Labute approximate surface area is 137 Å². The van der Waals surface area contributed by atoms with Gasteiger partial charge in [0, 0.05) is 30.4 Å². The van der Waals surface area contributed by atoms with Gasteiger partial charge >= 0.3 is 0 Å². The van der Waals surface area contributed by atoms with Crippen molar-refractivity contribution >= 4 is 17.7 Å². The number of hydrogen-bond acceptors (Lipinski definition) is 3. The Balaban J connectivity index is 1.68. The topological polar surface area (TPSA) is 50.4 Å². The summed E-state index contributed by atoms with van der Waals surface area (Å²) in [7, 11) is 1.62. The van der Waals surface area contributed by atoms with Crippen LogP contribution in [0.15, 0.2) is 60.7 Å². The van der Waals surface area contributed by atoms with Crippen molar-refractivity contribution in [2.75, 3.05) is 25.5 Å². The molecule has 0 bridgehead atoms. The van der Waals surface area contributed by atoms with Crippen LogP contribution in [0, 0.1) is 0 Å². The number of para-hydroxylation sites is 2. The Bertz CT molecular complexity index is 639. The largest absolute Gasteiger partial charge is 0.496 e. The summed E-state index contributed by atoms with van der Waals surface area (Å²) in [5.74, 6) is 0.652. The van der Waals surface area contributed by atoms with E-state index in [4.69, 9.17) is 4.74 Å². The molecule has 0 unspecified atom stereocenters. The van der Waals surface area contributed by atoms with Crippen molar-refractivity contribution in [3.63, 3.8) is 0 Å². The molecule has 0 atom stereocenters. The van der Waals surface area contributed by atoms with E-state index >= 15 is 0 Å². The Morgan fingerprint density at radius 1 is 1.04 bits per heavy atom. The third-order valence-electron chi connectivity index (χ3n) is 3.31. The average molecular weight is 310 g/mol. The standard InChI is InChI=1S/C19H22N2O2/c1-23-18-11-6-5-8-16(18)12-13-19(22)21-15-7-14-20-17-9-3-2-4-10-17/h2-6,8-13,20H,7,14-15H2,1H3,(H,21,22)/b13-12+. The van der Waals surface area contributed by atoms with Crippen LogP contribution < -0.4 is 15.4 Å². The first kappa shape index (κ1) is 16.6. The van der Waals surface area contributed by atoms with E-state index in [1.54, 1.807) is 13.2 Å². The van der Waals surface area contributed by atoms with E-state index in [-0.39, 0.29) is 5.91 Å². The van der Waals surface area contributed by atoms with Gasteiger partial charge in [-0.1, -0.05) is 36.4 Å². The van der Waals surface area contributed by atoms with E-state index in [1.807, 2.05) is 54.6 Å². The second kappa shape index (κ2) is 9.30. The van der Waals surface area contributed by atoms with Gasteiger partial charge in [-0.25, -0.2) is 0 Å². The maximum atomic E-state index is 11.8. The highest BCUT2D eigenvalue weighted by Gasteiger charge is 1.99. The molecule has 4 heteroatoms. The highest BCUT2D eigenvalue weighted by atomic mass is 16.5. The van der Waals surface area contributed by atoms with Crippen molar-refractivity contribution in [2.45, 2.75) is 6.42 Å². The molecule has 0 spiro atoms. The van der Waals surface area contributed by atoms with Crippen LogP contribution in [0.5, 0.6) is 5.75 Å². The average Bonchev–Trinajstić information content (AvgIpc) is 2.60. The molecular weight excluding hydrogens is 288 g/mol. The highest BCUT2D eigenvalue weighted by molar-refractivity contribution is 5.92. The van der Waals surface area contributed by atoms with Gasteiger partial charge in [-0.15, -0.1) is 0 Å². The molecule has 1 amide bonds. The van der Waals surface area contributed by atoms with E-state index in [1.165, 1.54) is 6.08 Å². The summed E-state index contributed by atoms with van der Waals surface area (Å²) in [6, 6.07) is 17.6. The fourth-order valence-corrected chi connectivity index (χ4v) is 2.12. The number of carbonyl (C=O) groups is 1.